The quantitative estimate of drug-likeness (QED) is 0.896. The fourth-order valence-corrected chi connectivity index (χ4v) is 4.02. The molecule has 0 bridgehead atoms. The van der Waals surface area contributed by atoms with Gasteiger partial charge in [0.25, 0.3) is 0 Å². The molecule has 0 radical (unpaired) electrons. The van der Waals surface area contributed by atoms with Gasteiger partial charge in [-0.25, -0.2) is 9.98 Å². The van der Waals surface area contributed by atoms with Crippen molar-refractivity contribution in [3.05, 3.63) is 47.8 Å². The van der Waals surface area contributed by atoms with Crippen LogP contribution in [-0.2, 0) is 11.3 Å². The third-order valence-corrected chi connectivity index (χ3v) is 5.22. The zero-order valence-corrected chi connectivity index (χ0v) is 13.4. The molecule has 1 saturated carbocycles. The number of aliphatic imine (C=N–C) groups is 2. The zero-order valence-electron chi connectivity index (χ0n) is 13.4. The van der Waals surface area contributed by atoms with Crippen LogP contribution < -0.4 is 5.32 Å². The van der Waals surface area contributed by atoms with E-state index in [-0.39, 0.29) is 5.54 Å². The number of hydrogen-bond acceptors (Lipinski definition) is 6. The number of rotatable bonds is 2. The molecule has 0 aromatic heterocycles. The van der Waals surface area contributed by atoms with Crippen molar-refractivity contribution >= 4 is 17.6 Å². The first-order chi connectivity index (χ1) is 11.7. The van der Waals surface area contributed by atoms with E-state index in [1.54, 1.807) is 0 Å². The topological polar surface area (TPSA) is 60.3 Å². The molecule has 0 saturated heterocycles. The molecule has 1 N–H and O–H groups in total. The number of ketones is 1. The van der Waals surface area contributed by atoms with Gasteiger partial charge < -0.3 is 10.2 Å². The van der Waals surface area contributed by atoms with E-state index in [2.05, 4.69) is 39.4 Å². The van der Waals surface area contributed by atoms with E-state index in [1.807, 2.05) is 12.3 Å². The summed E-state index contributed by atoms with van der Waals surface area (Å²) in [6, 6.07) is 10.4. The van der Waals surface area contributed by atoms with Crippen LogP contribution in [0, 0.1) is 0 Å². The van der Waals surface area contributed by atoms with Crippen LogP contribution in [0.15, 0.2) is 52.2 Å². The van der Waals surface area contributed by atoms with Crippen molar-refractivity contribution in [2.75, 3.05) is 13.2 Å². The number of hydrogen-bond donors (Lipinski definition) is 1. The minimum atomic E-state index is -0.238. The van der Waals surface area contributed by atoms with Gasteiger partial charge in [-0.05, 0) is 12.0 Å². The molecular weight excluding hydrogens is 302 g/mol. The third-order valence-electron chi connectivity index (χ3n) is 5.22. The van der Waals surface area contributed by atoms with Gasteiger partial charge in [-0.1, -0.05) is 30.3 Å². The molecule has 1 unspecified atom stereocenters. The number of guanidine groups is 1. The molecule has 0 amide bonds. The van der Waals surface area contributed by atoms with Crippen molar-refractivity contribution in [3.63, 3.8) is 0 Å². The number of fused-ring (bicyclic) bond motifs is 3. The summed E-state index contributed by atoms with van der Waals surface area (Å²) >= 11 is 0. The van der Waals surface area contributed by atoms with Gasteiger partial charge in [-0.3, -0.25) is 9.69 Å². The summed E-state index contributed by atoms with van der Waals surface area (Å²) in [5, 5.41) is 3.31. The van der Waals surface area contributed by atoms with E-state index in [9.17, 15) is 4.79 Å². The number of carbonyl (C=O) groups is 1. The molecule has 122 valence electrons. The SMILES string of the molecule is O=C1CCC2(C1)CN1C(=N2)NC=C2C1=NCN2Cc1ccccc1. The molecule has 1 fully saturated rings. The summed E-state index contributed by atoms with van der Waals surface area (Å²) in [4.78, 5) is 25.7. The first-order valence-electron chi connectivity index (χ1n) is 8.42. The van der Waals surface area contributed by atoms with Gasteiger partial charge in [0.15, 0.2) is 5.84 Å². The van der Waals surface area contributed by atoms with E-state index in [1.165, 1.54) is 5.56 Å². The highest BCUT2D eigenvalue weighted by Gasteiger charge is 2.48. The Morgan fingerprint density at radius 1 is 1.25 bits per heavy atom. The lowest BCUT2D eigenvalue weighted by atomic mass is 9.99. The summed E-state index contributed by atoms with van der Waals surface area (Å²) in [7, 11) is 0. The molecule has 1 spiro atoms. The summed E-state index contributed by atoms with van der Waals surface area (Å²) in [6.07, 6.45) is 4.06. The van der Waals surface area contributed by atoms with Crippen LogP contribution >= 0.6 is 0 Å². The Kier molecular flexibility index (Phi) is 2.83. The number of nitrogens with zero attached hydrogens (tertiary/aromatic N) is 4. The molecule has 6 heteroatoms. The monoisotopic (exact) mass is 321 g/mol. The Bertz CT molecular complexity index is 797. The van der Waals surface area contributed by atoms with E-state index in [0.29, 0.717) is 25.3 Å². The highest BCUT2D eigenvalue weighted by Crippen LogP contribution is 2.38. The smallest absolute Gasteiger partial charge is 0.204 e. The zero-order chi connectivity index (χ0) is 16.1. The molecule has 1 aliphatic carbocycles. The van der Waals surface area contributed by atoms with Crippen LogP contribution in [-0.4, -0.2) is 46.1 Å². The molecule has 1 aromatic rings. The molecule has 1 atom stereocenters. The number of nitrogens with one attached hydrogen (secondary N) is 1. The molecule has 6 nitrogen and oxygen atoms in total. The second-order valence-electron chi connectivity index (χ2n) is 6.94. The van der Waals surface area contributed by atoms with Crippen LogP contribution in [0.4, 0.5) is 0 Å². The Morgan fingerprint density at radius 2 is 2.12 bits per heavy atom. The first-order valence-corrected chi connectivity index (χ1v) is 8.42. The maximum absolute atomic E-state index is 11.7. The second-order valence-corrected chi connectivity index (χ2v) is 6.94. The third kappa shape index (κ3) is 2.06. The Labute approximate surface area is 140 Å². The van der Waals surface area contributed by atoms with Crippen molar-refractivity contribution in [1.29, 1.82) is 0 Å². The lowest BCUT2D eigenvalue weighted by Crippen LogP contribution is -2.47. The van der Waals surface area contributed by atoms with Crippen molar-refractivity contribution in [2.45, 2.75) is 31.3 Å². The van der Waals surface area contributed by atoms with Crippen LogP contribution in [0.5, 0.6) is 0 Å². The normalized spacial score (nSPS) is 27.7. The van der Waals surface area contributed by atoms with Crippen LogP contribution in [0.25, 0.3) is 0 Å². The molecule has 3 heterocycles. The van der Waals surface area contributed by atoms with Gasteiger partial charge in [0.1, 0.15) is 12.5 Å². The van der Waals surface area contributed by atoms with Crippen LogP contribution in [0.3, 0.4) is 0 Å². The Morgan fingerprint density at radius 3 is 2.92 bits per heavy atom. The van der Waals surface area contributed by atoms with E-state index in [4.69, 9.17) is 9.98 Å². The summed E-state index contributed by atoms with van der Waals surface area (Å²) in [5.41, 5.74) is 2.14. The maximum atomic E-state index is 11.7. The number of benzene rings is 1. The largest absolute Gasteiger partial charge is 0.344 e. The standard InChI is InChI=1S/C18H19N5O/c24-14-6-7-18(8-14)11-23-16-15(9-19-17(23)21-18)22(12-20-16)10-13-4-2-1-3-5-13/h1-5,9H,6-8,10-12H2,(H,19,21). The molecule has 5 rings (SSSR count). The van der Waals surface area contributed by atoms with Crippen LogP contribution in [0.1, 0.15) is 24.8 Å². The van der Waals surface area contributed by atoms with Gasteiger partial charge in [-0.2, -0.15) is 0 Å². The van der Waals surface area contributed by atoms with Gasteiger partial charge in [0.05, 0.1) is 17.8 Å². The fourth-order valence-electron chi connectivity index (χ4n) is 4.02. The minimum absolute atomic E-state index is 0.238. The van der Waals surface area contributed by atoms with Gasteiger partial charge >= 0.3 is 0 Å². The number of carbonyl (C=O) groups excluding carboxylic acids is 1. The van der Waals surface area contributed by atoms with E-state index < -0.39 is 0 Å². The average molecular weight is 321 g/mol. The van der Waals surface area contributed by atoms with Crippen LogP contribution in [0.2, 0.25) is 0 Å². The Balaban J connectivity index is 1.37. The van der Waals surface area contributed by atoms with Gasteiger partial charge in [0.2, 0.25) is 5.96 Å². The lowest BCUT2D eigenvalue weighted by Gasteiger charge is -2.29. The highest BCUT2D eigenvalue weighted by atomic mass is 16.1. The van der Waals surface area contributed by atoms with Crippen molar-refractivity contribution < 1.29 is 4.79 Å². The molecule has 1 aromatic carbocycles. The molecule has 24 heavy (non-hydrogen) atoms. The summed E-state index contributed by atoms with van der Waals surface area (Å²) in [6.45, 7) is 2.26. The summed E-state index contributed by atoms with van der Waals surface area (Å²) in [5.74, 6) is 2.15. The number of amidine groups is 1. The second kappa shape index (κ2) is 4.93. The first kappa shape index (κ1) is 13.8. The fraction of sp³-hybridized carbons (Fsp3) is 0.389. The highest BCUT2D eigenvalue weighted by molar-refractivity contribution is 6.12. The van der Waals surface area contributed by atoms with Crippen molar-refractivity contribution in [1.82, 2.24) is 15.1 Å². The van der Waals surface area contributed by atoms with E-state index >= 15 is 0 Å². The summed E-state index contributed by atoms with van der Waals surface area (Å²) < 4.78 is 0. The lowest BCUT2D eigenvalue weighted by molar-refractivity contribution is -0.117. The van der Waals surface area contributed by atoms with Crippen molar-refractivity contribution in [3.8, 4) is 0 Å². The van der Waals surface area contributed by atoms with Crippen molar-refractivity contribution in [2.24, 2.45) is 9.98 Å². The number of Topliss-reactive ketones (excluding diaryl/α,β-unsaturated/α-hetero) is 1. The maximum Gasteiger partial charge on any atom is 0.204 e. The van der Waals surface area contributed by atoms with Gasteiger partial charge in [-0.15, -0.1) is 0 Å². The predicted octanol–water partition coefficient (Wildman–Crippen LogP) is 1.47. The minimum Gasteiger partial charge on any atom is -0.344 e. The van der Waals surface area contributed by atoms with Gasteiger partial charge in [0, 0.05) is 25.6 Å². The molecule has 4 aliphatic rings. The Hall–Kier alpha value is -2.63. The molecular formula is C18H19N5O. The molecule has 3 aliphatic heterocycles. The average Bonchev–Trinajstić information content (AvgIpc) is 3.26. The van der Waals surface area contributed by atoms with E-state index in [0.717, 1.165) is 37.0 Å². The predicted molar refractivity (Wildman–Crippen MR) is 91.2 cm³/mol.